The highest BCUT2D eigenvalue weighted by molar-refractivity contribution is 14.1. The zero-order valence-corrected chi connectivity index (χ0v) is 13.5. The van der Waals surface area contributed by atoms with Crippen LogP contribution in [0, 0.1) is 3.57 Å². The van der Waals surface area contributed by atoms with Crippen LogP contribution in [-0.4, -0.2) is 5.11 Å². The molecule has 0 amide bonds. The molecule has 0 aliphatic heterocycles. The molecule has 0 aliphatic rings. The van der Waals surface area contributed by atoms with Gasteiger partial charge >= 0.3 is 0 Å². The molecular weight excluding hydrogens is 347 g/mol. The lowest BCUT2D eigenvalue weighted by Gasteiger charge is -2.25. The van der Waals surface area contributed by atoms with Gasteiger partial charge in [-0.1, -0.05) is 49.7 Å². The fourth-order valence-corrected chi connectivity index (χ4v) is 2.62. The maximum absolute atomic E-state index is 10.8. The molecule has 2 aromatic carbocycles. The Bertz CT molecular complexity index is 543. The number of aryl methyl sites for hydroxylation is 1. The third-order valence-electron chi connectivity index (χ3n) is 3.43. The van der Waals surface area contributed by atoms with E-state index in [0.29, 0.717) is 0 Å². The van der Waals surface area contributed by atoms with E-state index in [1.54, 1.807) is 0 Å². The molecule has 19 heavy (non-hydrogen) atoms. The molecule has 1 nitrogen and oxygen atoms in total. The smallest absolute Gasteiger partial charge is 0.112 e. The zero-order valence-electron chi connectivity index (χ0n) is 11.4. The van der Waals surface area contributed by atoms with Crippen molar-refractivity contribution in [3.05, 3.63) is 68.8 Å². The Balaban J connectivity index is 2.37. The van der Waals surface area contributed by atoms with Crippen LogP contribution in [0.15, 0.2) is 48.5 Å². The van der Waals surface area contributed by atoms with Crippen LogP contribution in [0.1, 0.15) is 37.0 Å². The first-order valence-corrected chi connectivity index (χ1v) is 7.69. The van der Waals surface area contributed by atoms with E-state index in [1.165, 1.54) is 9.13 Å². The van der Waals surface area contributed by atoms with E-state index in [2.05, 4.69) is 41.6 Å². The molecule has 1 N–H and O–H groups in total. The minimum atomic E-state index is -0.936. The van der Waals surface area contributed by atoms with Crippen LogP contribution in [0.25, 0.3) is 0 Å². The monoisotopic (exact) mass is 366 g/mol. The molecule has 0 fully saturated rings. The Morgan fingerprint density at radius 2 is 1.74 bits per heavy atom. The summed E-state index contributed by atoms with van der Waals surface area (Å²) in [4.78, 5) is 0. The summed E-state index contributed by atoms with van der Waals surface area (Å²) in [6.45, 7) is 4.03. The summed E-state index contributed by atoms with van der Waals surface area (Å²) < 4.78 is 1.18. The highest BCUT2D eigenvalue weighted by Crippen LogP contribution is 2.30. The number of hydrogen-bond donors (Lipinski definition) is 1. The molecule has 2 aromatic rings. The second-order valence-electron chi connectivity index (χ2n) is 5.03. The summed E-state index contributed by atoms with van der Waals surface area (Å²) in [5.74, 6) is 0. The molecule has 0 aliphatic carbocycles. The van der Waals surface area contributed by atoms with Crippen molar-refractivity contribution in [3.8, 4) is 0 Å². The fraction of sp³-hybridized carbons (Fsp3) is 0.294. The zero-order chi connectivity index (χ0) is 13.9. The molecule has 0 saturated heterocycles. The quantitative estimate of drug-likeness (QED) is 0.790. The van der Waals surface area contributed by atoms with Gasteiger partial charge in [-0.2, -0.15) is 0 Å². The second-order valence-corrected chi connectivity index (χ2v) is 6.28. The summed E-state index contributed by atoms with van der Waals surface area (Å²) in [6, 6.07) is 16.3. The van der Waals surface area contributed by atoms with Crippen molar-refractivity contribution in [2.24, 2.45) is 0 Å². The number of hydrogen-bond acceptors (Lipinski definition) is 1. The Kier molecular flexibility index (Phi) is 4.63. The number of rotatable bonds is 4. The third kappa shape index (κ3) is 3.37. The Hall–Kier alpha value is -0.870. The number of benzene rings is 2. The topological polar surface area (TPSA) is 20.2 Å². The fourth-order valence-electron chi connectivity index (χ4n) is 2.26. The Morgan fingerprint density at radius 1 is 1.05 bits per heavy atom. The van der Waals surface area contributed by atoms with Crippen LogP contribution in [-0.2, 0) is 12.0 Å². The van der Waals surface area contributed by atoms with Gasteiger partial charge in [-0.15, -0.1) is 0 Å². The van der Waals surface area contributed by atoms with Crippen molar-refractivity contribution in [2.75, 3.05) is 0 Å². The van der Waals surface area contributed by atoms with E-state index >= 15 is 0 Å². The SMILES string of the molecule is CCCc1cccc(C(C)(O)c2ccc(I)cc2)c1. The minimum absolute atomic E-state index is 0.932. The van der Waals surface area contributed by atoms with Gasteiger partial charge in [0, 0.05) is 3.57 Å². The van der Waals surface area contributed by atoms with E-state index in [-0.39, 0.29) is 0 Å². The molecule has 0 heterocycles. The van der Waals surface area contributed by atoms with Crippen molar-refractivity contribution < 1.29 is 5.11 Å². The minimum Gasteiger partial charge on any atom is -0.381 e. The van der Waals surface area contributed by atoms with Gasteiger partial charge < -0.3 is 5.11 Å². The first kappa shape index (κ1) is 14.5. The van der Waals surface area contributed by atoms with Crippen LogP contribution >= 0.6 is 22.6 Å². The lowest BCUT2D eigenvalue weighted by molar-refractivity contribution is 0.102. The summed E-state index contributed by atoms with van der Waals surface area (Å²) >= 11 is 2.27. The normalized spacial score (nSPS) is 14.1. The van der Waals surface area contributed by atoms with Crippen LogP contribution in [0.5, 0.6) is 0 Å². The maximum atomic E-state index is 10.8. The van der Waals surface area contributed by atoms with Gasteiger partial charge in [0.2, 0.25) is 0 Å². The Morgan fingerprint density at radius 3 is 2.37 bits per heavy atom. The van der Waals surface area contributed by atoms with Crippen LogP contribution in [0.2, 0.25) is 0 Å². The highest BCUT2D eigenvalue weighted by Gasteiger charge is 2.25. The van der Waals surface area contributed by atoms with Crippen LogP contribution in [0.4, 0.5) is 0 Å². The first-order valence-electron chi connectivity index (χ1n) is 6.62. The molecule has 100 valence electrons. The van der Waals surface area contributed by atoms with Crippen molar-refractivity contribution in [3.63, 3.8) is 0 Å². The van der Waals surface area contributed by atoms with Gasteiger partial charge in [0.15, 0.2) is 0 Å². The van der Waals surface area contributed by atoms with Crippen LogP contribution < -0.4 is 0 Å². The summed E-state index contributed by atoms with van der Waals surface area (Å²) in [5.41, 5.74) is 2.24. The van der Waals surface area contributed by atoms with Crippen LogP contribution in [0.3, 0.4) is 0 Å². The lowest BCUT2D eigenvalue weighted by atomic mass is 9.87. The van der Waals surface area contributed by atoms with Gasteiger partial charge in [0.1, 0.15) is 5.60 Å². The molecule has 2 heteroatoms. The number of aliphatic hydroxyl groups is 1. The summed E-state index contributed by atoms with van der Waals surface area (Å²) in [6.07, 6.45) is 2.17. The average Bonchev–Trinajstić information content (AvgIpc) is 2.40. The lowest BCUT2D eigenvalue weighted by Crippen LogP contribution is -2.22. The van der Waals surface area contributed by atoms with Crippen molar-refractivity contribution in [1.29, 1.82) is 0 Å². The second kappa shape index (κ2) is 6.06. The molecule has 1 unspecified atom stereocenters. The molecule has 2 rings (SSSR count). The molecule has 0 aromatic heterocycles. The van der Waals surface area contributed by atoms with Gasteiger partial charge in [-0.3, -0.25) is 0 Å². The molecule has 0 radical (unpaired) electrons. The average molecular weight is 366 g/mol. The third-order valence-corrected chi connectivity index (χ3v) is 4.15. The van der Waals surface area contributed by atoms with Gasteiger partial charge in [-0.25, -0.2) is 0 Å². The van der Waals surface area contributed by atoms with Gasteiger partial charge in [-0.05, 0) is 64.8 Å². The number of halogens is 1. The molecule has 0 bridgehead atoms. The van der Waals surface area contributed by atoms with E-state index in [9.17, 15) is 5.11 Å². The summed E-state index contributed by atoms with van der Waals surface area (Å²) in [5, 5.41) is 10.8. The van der Waals surface area contributed by atoms with Crippen molar-refractivity contribution in [1.82, 2.24) is 0 Å². The van der Waals surface area contributed by atoms with E-state index < -0.39 is 5.60 Å². The van der Waals surface area contributed by atoms with Crippen molar-refractivity contribution in [2.45, 2.75) is 32.3 Å². The van der Waals surface area contributed by atoms with E-state index in [1.807, 2.05) is 43.3 Å². The first-order chi connectivity index (χ1) is 9.04. The predicted octanol–water partition coefficient (Wildman–Crippen LogP) is 4.50. The molecule has 0 saturated carbocycles. The van der Waals surface area contributed by atoms with Gasteiger partial charge in [0.25, 0.3) is 0 Å². The molecule has 0 spiro atoms. The molecule has 1 atom stereocenters. The van der Waals surface area contributed by atoms with Gasteiger partial charge in [0.05, 0.1) is 0 Å². The Labute approximate surface area is 128 Å². The van der Waals surface area contributed by atoms with Crippen molar-refractivity contribution >= 4 is 22.6 Å². The highest BCUT2D eigenvalue weighted by atomic mass is 127. The van der Waals surface area contributed by atoms with E-state index in [0.717, 1.165) is 24.0 Å². The van der Waals surface area contributed by atoms with E-state index in [4.69, 9.17) is 0 Å². The predicted molar refractivity (Wildman–Crippen MR) is 88.3 cm³/mol. The standard InChI is InChI=1S/C17H19IO/c1-3-5-13-6-4-7-15(12-13)17(2,19)14-8-10-16(18)11-9-14/h4,6-12,19H,3,5H2,1-2H3. The largest absolute Gasteiger partial charge is 0.381 e. The maximum Gasteiger partial charge on any atom is 0.112 e. The molecular formula is C17H19IO. The summed E-state index contributed by atoms with van der Waals surface area (Å²) in [7, 11) is 0.